The van der Waals surface area contributed by atoms with Crippen LogP contribution in [0.5, 0.6) is 5.88 Å². The number of rotatable bonds is 3. The fourth-order valence-electron chi connectivity index (χ4n) is 1.51. The quantitative estimate of drug-likeness (QED) is 0.821. The molecule has 1 aliphatic carbocycles. The predicted octanol–water partition coefficient (Wildman–Crippen LogP) is 1.25. The van der Waals surface area contributed by atoms with Crippen LogP contribution in [0.1, 0.15) is 12.8 Å². The highest BCUT2D eigenvalue weighted by Gasteiger charge is 2.30. The summed E-state index contributed by atoms with van der Waals surface area (Å²) in [6, 6.07) is 0. The Balaban J connectivity index is 1.90. The Hall–Kier alpha value is -0.870. The van der Waals surface area contributed by atoms with Gasteiger partial charge >= 0.3 is 0 Å². The molecule has 0 unspecified atom stereocenters. The summed E-state index contributed by atoms with van der Waals surface area (Å²) in [4.78, 5) is 7.74. The van der Waals surface area contributed by atoms with E-state index in [-0.39, 0.29) is 6.10 Å². The molecule has 0 bridgehead atoms. The van der Waals surface area contributed by atoms with Crippen molar-refractivity contribution in [2.45, 2.75) is 18.9 Å². The minimum Gasteiger partial charge on any atom is -0.473 e. The molecule has 2 N–H and O–H groups in total. The Kier molecular flexibility index (Phi) is 2.84. The second-order valence-corrected chi connectivity index (χ2v) is 3.90. The molecule has 1 aliphatic rings. The molecule has 0 amide bonds. The highest BCUT2D eigenvalue weighted by molar-refractivity contribution is 6.31. The number of nitrogens with two attached hydrogens (primary N) is 1. The van der Waals surface area contributed by atoms with Crippen LogP contribution in [0.25, 0.3) is 0 Å². The summed E-state index contributed by atoms with van der Waals surface area (Å²) < 4.78 is 5.57. The molecule has 76 valence electrons. The standard InChI is InChI=1S/C9H12ClN3O/c10-8-4-12-5-13-9(8)14-7-1-6(2-7)3-11/h4-7H,1-3,11H2. The van der Waals surface area contributed by atoms with Gasteiger partial charge in [-0.3, -0.25) is 0 Å². The molecule has 1 aromatic rings. The van der Waals surface area contributed by atoms with Crippen molar-refractivity contribution in [3.05, 3.63) is 17.5 Å². The first kappa shape index (κ1) is 9.68. The normalized spacial score (nSPS) is 25.6. The summed E-state index contributed by atoms with van der Waals surface area (Å²) in [6.07, 6.45) is 5.17. The Morgan fingerprint density at radius 1 is 1.57 bits per heavy atom. The van der Waals surface area contributed by atoms with Crippen LogP contribution in [0.2, 0.25) is 5.02 Å². The monoisotopic (exact) mass is 213 g/mol. The molecule has 1 aromatic heterocycles. The lowest BCUT2D eigenvalue weighted by molar-refractivity contribution is 0.0648. The van der Waals surface area contributed by atoms with Gasteiger partial charge in [-0.25, -0.2) is 9.97 Å². The van der Waals surface area contributed by atoms with E-state index in [2.05, 4.69) is 9.97 Å². The van der Waals surface area contributed by atoms with E-state index in [0.717, 1.165) is 19.4 Å². The molecule has 0 atom stereocenters. The third kappa shape index (κ3) is 1.96. The van der Waals surface area contributed by atoms with Gasteiger partial charge in [-0.2, -0.15) is 0 Å². The number of ether oxygens (including phenoxy) is 1. The van der Waals surface area contributed by atoms with Gasteiger partial charge in [0.15, 0.2) is 0 Å². The van der Waals surface area contributed by atoms with E-state index >= 15 is 0 Å². The van der Waals surface area contributed by atoms with Crippen LogP contribution in [0.3, 0.4) is 0 Å². The molecular formula is C9H12ClN3O. The number of hydrogen-bond acceptors (Lipinski definition) is 4. The molecule has 4 nitrogen and oxygen atoms in total. The molecule has 1 heterocycles. The molecular weight excluding hydrogens is 202 g/mol. The van der Waals surface area contributed by atoms with Crippen LogP contribution in [0, 0.1) is 5.92 Å². The molecule has 1 saturated carbocycles. The Labute approximate surface area is 87.4 Å². The summed E-state index contributed by atoms with van der Waals surface area (Å²) in [7, 11) is 0. The SMILES string of the molecule is NCC1CC(Oc2ncncc2Cl)C1. The van der Waals surface area contributed by atoms with Crippen molar-refractivity contribution in [2.24, 2.45) is 11.7 Å². The van der Waals surface area contributed by atoms with Crippen molar-refractivity contribution in [2.75, 3.05) is 6.54 Å². The summed E-state index contributed by atoms with van der Waals surface area (Å²) in [5.41, 5.74) is 5.51. The zero-order chi connectivity index (χ0) is 9.97. The lowest BCUT2D eigenvalue weighted by atomic mass is 9.82. The van der Waals surface area contributed by atoms with Crippen LogP contribution in [0.15, 0.2) is 12.5 Å². The number of nitrogens with zero attached hydrogens (tertiary/aromatic N) is 2. The molecule has 0 aliphatic heterocycles. The predicted molar refractivity (Wildman–Crippen MR) is 53.2 cm³/mol. The van der Waals surface area contributed by atoms with E-state index in [1.807, 2.05) is 0 Å². The average molecular weight is 214 g/mol. The maximum atomic E-state index is 5.84. The topological polar surface area (TPSA) is 61.0 Å². The summed E-state index contributed by atoms with van der Waals surface area (Å²) in [5, 5.41) is 0.462. The lowest BCUT2D eigenvalue weighted by Crippen LogP contribution is -2.37. The Morgan fingerprint density at radius 2 is 2.36 bits per heavy atom. The van der Waals surface area contributed by atoms with Crippen molar-refractivity contribution < 1.29 is 4.74 Å². The first-order chi connectivity index (χ1) is 6.79. The summed E-state index contributed by atoms with van der Waals surface area (Å²) in [5.74, 6) is 1.07. The fraction of sp³-hybridized carbons (Fsp3) is 0.556. The fourth-order valence-corrected chi connectivity index (χ4v) is 1.66. The van der Waals surface area contributed by atoms with E-state index in [0.29, 0.717) is 16.8 Å². The molecule has 0 aromatic carbocycles. The molecule has 5 heteroatoms. The van der Waals surface area contributed by atoms with Crippen LogP contribution in [-0.2, 0) is 0 Å². The number of halogens is 1. The van der Waals surface area contributed by atoms with E-state index in [4.69, 9.17) is 22.1 Å². The lowest BCUT2D eigenvalue weighted by Gasteiger charge is -2.34. The van der Waals surface area contributed by atoms with Crippen molar-refractivity contribution >= 4 is 11.6 Å². The average Bonchev–Trinajstić information content (AvgIpc) is 2.13. The molecule has 1 fully saturated rings. The van der Waals surface area contributed by atoms with Gasteiger partial charge in [0.05, 0.1) is 6.20 Å². The zero-order valence-corrected chi connectivity index (χ0v) is 8.44. The van der Waals surface area contributed by atoms with Gasteiger partial charge in [0.2, 0.25) is 5.88 Å². The van der Waals surface area contributed by atoms with Crippen molar-refractivity contribution in [3.63, 3.8) is 0 Å². The van der Waals surface area contributed by atoms with Gasteiger partial charge in [0.25, 0.3) is 0 Å². The Bertz CT molecular complexity index is 315. The molecule has 0 spiro atoms. The second-order valence-electron chi connectivity index (χ2n) is 3.49. The smallest absolute Gasteiger partial charge is 0.235 e. The van der Waals surface area contributed by atoms with E-state index < -0.39 is 0 Å². The molecule has 2 rings (SSSR count). The van der Waals surface area contributed by atoms with E-state index in [1.54, 1.807) is 0 Å². The van der Waals surface area contributed by atoms with Gasteiger partial charge in [0.1, 0.15) is 17.5 Å². The summed E-state index contributed by atoms with van der Waals surface area (Å²) in [6.45, 7) is 0.733. The minimum absolute atomic E-state index is 0.218. The van der Waals surface area contributed by atoms with Crippen molar-refractivity contribution in [1.29, 1.82) is 0 Å². The third-order valence-corrected chi connectivity index (χ3v) is 2.70. The van der Waals surface area contributed by atoms with Crippen molar-refractivity contribution in [3.8, 4) is 5.88 Å². The van der Waals surface area contributed by atoms with Gasteiger partial charge in [-0.1, -0.05) is 11.6 Å². The van der Waals surface area contributed by atoms with Crippen LogP contribution < -0.4 is 10.5 Å². The molecule has 0 radical (unpaired) electrons. The van der Waals surface area contributed by atoms with Crippen LogP contribution >= 0.6 is 11.6 Å². The molecule has 0 saturated heterocycles. The van der Waals surface area contributed by atoms with E-state index in [9.17, 15) is 0 Å². The minimum atomic E-state index is 0.218. The van der Waals surface area contributed by atoms with Crippen LogP contribution in [-0.4, -0.2) is 22.6 Å². The van der Waals surface area contributed by atoms with Crippen molar-refractivity contribution in [1.82, 2.24) is 9.97 Å². The second kappa shape index (κ2) is 4.11. The van der Waals surface area contributed by atoms with E-state index in [1.165, 1.54) is 12.5 Å². The largest absolute Gasteiger partial charge is 0.473 e. The first-order valence-electron chi connectivity index (χ1n) is 4.62. The third-order valence-electron chi connectivity index (χ3n) is 2.44. The first-order valence-corrected chi connectivity index (χ1v) is 4.99. The number of aromatic nitrogens is 2. The highest BCUT2D eigenvalue weighted by atomic mass is 35.5. The molecule has 14 heavy (non-hydrogen) atoms. The maximum absolute atomic E-state index is 5.84. The Morgan fingerprint density at radius 3 is 3.00 bits per heavy atom. The zero-order valence-electron chi connectivity index (χ0n) is 7.69. The van der Waals surface area contributed by atoms with Gasteiger partial charge in [0, 0.05) is 0 Å². The van der Waals surface area contributed by atoms with Gasteiger partial charge < -0.3 is 10.5 Å². The van der Waals surface area contributed by atoms with Gasteiger partial charge in [-0.15, -0.1) is 0 Å². The van der Waals surface area contributed by atoms with Gasteiger partial charge in [-0.05, 0) is 25.3 Å². The maximum Gasteiger partial charge on any atom is 0.235 e. The highest BCUT2D eigenvalue weighted by Crippen LogP contribution is 2.31. The summed E-state index contributed by atoms with van der Waals surface area (Å²) >= 11 is 5.84. The number of hydrogen-bond donors (Lipinski definition) is 1. The van der Waals surface area contributed by atoms with Crippen LogP contribution in [0.4, 0.5) is 0 Å².